The molecule has 0 unspecified atom stereocenters. The Kier molecular flexibility index (Phi) is 1.91. The summed E-state index contributed by atoms with van der Waals surface area (Å²) >= 11 is 3.17. The molecule has 1 nitrogen and oxygen atoms in total. The van der Waals surface area contributed by atoms with Crippen LogP contribution >= 0.6 is 15.9 Å². The Bertz CT molecular complexity index is 297. The summed E-state index contributed by atoms with van der Waals surface area (Å²) in [5.74, 6) is 0.134. The monoisotopic (exact) mass is 229 g/mol. The average molecular weight is 230 g/mol. The average Bonchev–Trinajstić information content (AvgIpc) is 2.68. The lowest BCUT2D eigenvalue weighted by Crippen LogP contribution is -1.96. The third kappa shape index (κ3) is 1.38. The first-order chi connectivity index (χ1) is 5.68. The van der Waals surface area contributed by atoms with Gasteiger partial charge in [-0.1, -0.05) is 0 Å². The van der Waals surface area contributed by atoms with Crippen LogP contribution in [0.1, 0.15) is 29.9 Å². The van der Waals surface area contributed by atoms with E-state index >= 15 is 0 Å². The summed E-state index contributed by atoms with van der Waals surface area (Å²) in [5, 5.41) is 0. The minimum Gasteiger partial charge on any atom is -0.212 e. The van der Waals surface area contributed by atoms with Crippen molar-refractivity contribution < 1.29 is 4.39 Å². The highest BCUT2D eigenvalue weighted by Gasteiger charge is 2.28. The van der Waals surface area contributed by atoms with Gasteiger partial charge < -0.3 is 0 Å². The van der Waals surface area contributed by atoms with Crippen LogP contribution in [0.2, 0.25) is 0 Å². The summed E-state index contributed by atoms with van der Waals surface area (Å²) < 4.78 is 13.8. The SMILES string of the molecule is Cc1cc(Br)nc(F)c1C1CC1. The van der Waals surface area contributed by atoms with Gasteiger partial charge in [0.15, 0.2) is 0 Å². The molecule has 1 aliphatic rings. The van der Waals surface area contributed by atoms with Gasteiger partial charge in [0, 0.05) is 5.56 Å². The minimum atomic E-state index is -0.302. The number of pyridine rings is 1. The molecule has 3 heteroatoms. The number of nitrogens with zero attached hydrogens (tertiary/aromatic N) is 1. The van der Waals surface area contributed by atoms with Crippen molar-refractivity contribution in [1.82, 2.24) is 4.98 Å². The normalized spacial score (nSPS) is 16.6. The number of hydrogen-bond donors (Lipinski definition) is 0. The molecule has 0 bridgehead atoms. The fourth-order valence-electron chi connectivity index (χ4n) is 1.47. The van der Waals surface area contributed by atoms with Crippen molar-refractivity contribution in [3.05, 3.63) is 27.7 Å². The molecule has 0 atom stereocenters. The van der Waals surface area contributed by atoms with Crippen LogP contribution in [0.5, 0.6) is 0 Å². The summed E-state index contributed by atoms with van der Waals surface area (Å²) in [6, 6.07) is 1.87. The number of halogens is 2. The molecule has 64 valence electrons. The van der Waals surface area contributed by atoms with Crippen molar-refractivity contribution in [2.75, 3.05) is 0 Å². The van der Waals surface area contributed by atoms with Gasteiger partial charge in [-0.2, -0.15) is 4.39 Å². The van der Waals surface area contributed by atoms with E-state index in [1.807, 2.05) is 13.0 Å². The second kappa shape index (κ2) is 2.80. The molecule has 1 saturated carbocycles. The van der Waals surface area contributed by atoms with Crippen molar-refractivity contribution in [3.63, 3.8) is 0 Å². The van der Waals surface area contributed by atoms with E-state index in [0.29, 0.717) is 10.5 Å². The highest BCUT2D eigenvalue weighted by atomic mass is 79.9. The molecule has 0 amide bonds. The van der Waals surface area contributed by atoms with Gasteiger partial charge in [-0.3, -0.25) is 0 Å². The zero-order valence-corrected chi connectivity index (χ0v) is 8.36. The second-order valence-corrected chi connectivity index (χ2v) is 4.05. The van der Waals surface area contributed by atoms with Crippen molar-refractivity contribution in [2.24, 2.45) is 0 Å². The lowest BCUT2D eigenvalue weighted by atomic mass is 10.1. The number of hydrogen-bond acceptors (Lipinski definition) is 1. The third-order valence-corrected chi connectivity index (χ3v) is 2.58. The fraction of sp³-hybridized carbons (Fsp3) is 0.444. The van der Waals surface area contributed by atoms with Gasteiger partial charge in [0.05, 0.1) is 0 Å². The predicted molar refractivity (Wildman–Crippen MR) is 48.6 cm³/mol. The first kappa shape index (κ1) is 8.17. The Hall–Kier alpha value is -0.440. The fourth-order valence-corrected chi connectivity index (χ4v) is 1.97. The first-order valence-electron chi connectivity index (χ1n) is 4.01. The van der Waals surface area contributed by atoms with Crippen LogP contribution in [0, 0.1) is 12.9 Å². The molecule has 2 rings (SSSR count). The van der Waals surface area contributed by atoms with Crippen LogP contribution in [0.4, 0.5) is 4.39 Å². The molecule has 1 aliphatic carbocycles. The molecule has 1 aromatic heterocycles. The van der Waals surface area contributed by atoms with E-state index < -0.39 is 0 Å². The molecular formula is C9H9BrFN. The Morgan fingerprint density at radius 2 is 2.25 bits per heavy atom. The maximum atomic E-state index is 13.3. The summed E-state index contributed by atoms with van der Waals surface area (Å²) in [6.45, 7) is 1.93. The number of aromatic nitrogens is 1. The smallest absolute Gasteiger partial charge is 0.212 e. The van der Waals surface area contributed by atoms with Gasteiger partial charge in [-0.15, -0.1) is 0 Å². The van der Waals surface area contributed by atoms with E-state index in [0.717, 1.165) is 24.0 Å². The summed E-state index contributed by atoms with van der Waals surface area (Å²) in [7, 11) is 0. The van der Waals surface area contributed by atoms with Crippen LogP contribution in [-0.2, 0) is 0 Å². The quantitative estimate of drug-likeness (QED) is 0.675. The van der Waals surface area contributed by atoms with E-state index in [4.69, 9.17) is 0 Å². The van der Waals surface area contributed by atoms with Crippen molar-refractivity contribution in [2.45, 2.75) is 25.7 Å². The van der Waals surface area contributed by atoms with E-state index in [1.165, 1.54) is 0 Å². The molecule has 0 N–H and O–H groups in total. The molecule has 0 aliphatic heterocycles. The Morgan fingerprint density at radius 3 is 2.75 bits per heavy atom. The van der Waals surface area contributed by atoms with E-state index in [1.54, 1.807) is 0 Å². The topological polar surface area (TPSA) is 12.9 Å². The molecule has 0 radical (unpaired) electrons. The molecular weight excluding hydrogens is 221 g/mol. The highest BCUT2D eigenvalue weighted by molar-refractivity contribution is 9.10. The molecule has 1 heterocycles. The van der Waals surface area contributed by atoms with Crippen molar-refractivity contribution in [1.29, 1.82) is 0 Å². The summed E-state index contributed by atoms with van der Waals surface area (Å²) in [6.07, 6.45) is 2.22. The standard InChI is InChI=1S/C9H9BrFN/c1-5-4-7(10)12-9(11)8(5)6-2-3-6/h4,6H,2-3H2,1H3. The lowest BCUT2D eigenvalue weighted by Gasteiger charge is -2.04. The van der Waals surface area contributed by atoms with Gasteiger partial charge >= 0.3 is 0 Å². The van der Waals surface area contributed by atoms with Gasteiger partial charge in [0.2, 0.25) is 5.95 Å². The van der Waals surface area contributed by atoms with Crippen LogP contribution in [0.3, 0.4) is 0 Å². The van der Waals surface area contributed by atoms with Crippen LogP contribution in [-0.4, -0.2) is 4.98 Å². The summed E-state index contributed by atoms with van der Waals surface area (Å²) in [5.41, 5.74) is 1.83. The first-order valence-corrected chi connectivity index (χ1v) is 4.80. The van der Waals surface area contributed by atoms with Gasteiger partial charge in [-0.05, 0) is 53.2 Å². The number of aryl methyl sites for hydroxylation is 1. The van der Waals surface area contributed by atoms with Crippen LogP contribution < -0.4 is 0 Å². The molecule has 1 aromatic rings. The van der Waals surface area contributed by atoms with Crippen LogP contribution in [0.15, 0.2) is 10.7 Å². The van der Waals surface area contributed by atoms with Crippen LogP contribution in [0.25, 0.3) is 0 Å². The molecule has 0 spiro atoms. The Morgan fingerprint density at radius 1 is 1.58 bits per heavy atom. The van der Waals surface area contributed by atoms with Gasteiger partial charge in [0.25, 0.3) is 0 Å². The largest absolute Gasteiger partial charge is 0.217 e. The zero-order valence-electron chi connectivity index (χ0n) is 6.77. The highest BCUT2D eigenvalue weighted by Crippen LogP contribution is 2.42. The second-order valence-electron chi connectivity index (χ2n) is 3.24. The van der Waals surface area contributed by atoms with Crippen molar-refractivity contribution in [3.8, 4) is 0 Å². The van der Waals surface area contributed by atoms with Crippen molar-refractivity contribution >= 4 is 15.9 Å². The van der Waals surface area contributed by atoms with Gasteiger partial charge in [0.1, 0.15) is 4.60 Å². The minimum absolute atomic E-state index is 0.302. The lowest BCUT2D eigenvalue weighted by molar-refractivity contribution is 0.562. The zero-order chi connectivity index (χ0) is 8.72. The molecule has 0 aromatic carbocycles. The van der Waals surface area contributed by atoms with Gasteiger partial charge in [-0.25, -0.2) is 4.98 Å². The predicted octanol–water partition coefficient (Wildman–Crippen LogP) is 3.17. The molecule has 1 fully saturated rings. The van der Waals surface area contributed by atoms with E-state index in [-0.39, 0.29) is 5.95 Å². The summed E-state index contributed by atoms with van der Waals surface area (Å²) in [4.78, 5) is 3.75. The maximum absolute atomic E-state index is 13.3. The number of rotatable bonds is 1. The van der Waals surface area contributed by atoms with E-state index in [9.17, 15) is 4.39 Å². The molecule has 0 saturated heterocycles. The maximum Gasteiger partial charge on any atom is 0.217 e. The Balaban J connectivity index is 2.51. The molecule has 12 heavy (non-hydrogen) atoms. The van der Waals surface area contributed by atoms with E-state index in [2.05, 4.69) is 20.9 Å². The Labute approximate surface area is 79.1 Å². The third-order valence-electron chi connectivity index (χ3n) is 2.17.